The van der Waals surface area contributed by atoms with E-state index in [0.717, 1.165) is 6.42 Å². The average Bonchev–Trinajstić information content (AvgIpc) is 2.72. The Kier molecular flexibility index (Phi) is 2.58. The van der Waals surface area contributed by atoms with Crippen molar-refractivity contribution < 1.29 is 0 Å². The van der Waals surface area contributed by atoms with Gasteiger partial charge < -0.3 is 5.32 Å². The Morgan fingerprint density at radius 1 is 0.938 bits per heavy atom. The molecule has 0 bridgehead atoms. The monoisotopic (exact) mass is 227 g/mol. The van der Waals surface area contributed by atoms with Crippen LogP contribution < -0.4 is 5.32 Å². The minimum absolute atomic E-state index is 0.472. The van der Waals surface area contributed by atoms with Gasteiger partial charge >= 0.3 is 0 Å². The summed E-state index contributed by atoms with van der Waals surface area (Å²) in [7, 11) is 0. The number of hydrogen-bond donors (Lipinski definition) is 1. The van der Waals surface area contributed by atoms with E-state index in [4.69, 9.17) is 0 Å². The standard InChI is InChI=1S/C14H13NS/c1-2-6-11(7-3-1)10-14-15-12-8-4-5-9-13(12)16-14/h1-9,14-15H,10H2/t14-/m1/s1. The third-order valence-electron chi connectivity index (χ3n) is 2.74. The van der Waals surface area contributed by atoms with Gasteiger partial charge in [0.15, 0.2) is 0 Å². The number of benzene rings is 2. The molecule has 0 radical (unpaired) electrons. The number of hydrogen-bond acceptors (Lipinski definition) is 2. The van der Waals surface area contributed by atoms with Gasteiger partial charge in [0.2, 0.25) is 0 Å². The minimum atomic E-state index is 0.472. The molecule has 2 aromatic carbocycles. The molecule has 3 rings (SSSR count). The van der Waals surface area contributed by atoms with Gasteiger partial charge in [-0.05, 0) is 17.7 Å². The topological polar surface area (TPSA) is 12.0 Å². The van der Waals surface area contributed by atoms with Gasteiger partial charge in [-0.3, -0.25) is 0 Å². The van der Waals surface area contributed by atoms with Crippen LogP contribution in [0.2, 0.25) is 0 Å². The molecule has 0 aliphatic carbocycles. The maximum Gasteiger partial charge on any atom is 0.0810 e. The van der Waals surface area contributed by atoms with Crippen molar-refractivity contribution in [3.05, 3.63) is 60.2 Å². The molecule has 0 unspecified atom stereocenters. The lowest BCUT2D eigenvalue weighted by Gasteiger charge is -2.09. The summed E-state index contributed by atoms with van der Waals surface area (Å²) in [5.74, 6) is 0. The highest BCUT2D eigenvalue weighted by molar-refractivity contribution is 8.00. The summed E-state index contributed by atoms with van der Waals surface area (Å²) in [4.78, 5) is 1.36. The van der Waals surface area contributed by atoms with Crippen LogP contribution >= 0.6 is 11.8 Å². The summed E-state index contributed by atoms with van der Waals surface area (Å²) in [6.45, 7) is 0. The van der Waals surface area contributed by atoms with E-state index < -0.39 is 0 Å². The maximum absolute atomic E-state index is 3.55. The zero-order valence-electron chi connectivity index (χ0n) is 8.89. The van der Waals surface area contributed by atoms with Crippen molar-refractivity contribution in [3.63, 3.8) is 0 Å². The number of anilines is 1. The molecule has 1 aliphatic heterocycles. The fraction of sp³-hybridized carbons (Fsp3) is 0.143. The van der Waals surface area contributed by atoms with E-state index in [1.165, 1.54) is 16.1 Å². The largest absolute Gasteiger partial charge is 0.372 e. The van der Waals surface area contributed by atoms with Crippen LogP contribution in [0.15, 0.2) is 59.5 Å². The molecule has 2 aromatic rings. The Hall–Kier alpha value is -1.41. The van der Waals surface area contributed by atoms with Gasteiger partial charge in [0.25, 0.3) is 0 Å². The van der Waals surface area contributed by atoms with Gasteiger partial charge in [0.05, 0.1) is 5.37 Å². The van der Waals surface area contributed by atoms with E-state index in [1.807, 2.05) is 11.8 Å². The third kappa shape index (κ3) is 1.93. The molecule has 0 saturated carbocycles. The van der Waals surface area contributed by atoms with Crippen molar-refractivity contribution in [2.45, 2.75) is 16.7 Å². The lowest BCUT2D eigenvalue weighted by Crippen LogP contribution is -2.12. The molecular formula is C14H13NS. The SMILES string of the molecule is c1ccc(C[C@@H]2Nc3ccccc3S2)cc1. The minimum Gasteiger partial charge on any atom is -0.372 e. The highest BCUT2D eigenvalue weighted by atomic mass is 32.2. The van der Waals surface area contributed by atoms with E-state index in [0.29, 0.717) is 5.37 Å². The predicted molar refractivity (Wildman–Crippen MR) is 69.9 cm³/mol. The maximum atomic E-state index is 3.55. The number of rotatable bonds is 2. The Balaban J connectivity index is 1.73. The molecule has 0 amide bonds. The second kappa shape index (κ2) is 4.22. The van der Waals surface area contributed by atoms with Gasteiger partial charge in [0.1, 0.15) is 0 Å². The smallest absolute Gasteiger partial charge is 0.0810 e. The Morgan fingerprint density at radius 2 is 1.69 bits per heavy atom. The Labute approximate surface area is 99.9 Å². The summed E-state index contributed by atoms with van der Waals surface area (Å²) in [6.07, 6.45) is 1.07. The zero-order chi connectivity index (χ0) is 10.8. The van der Waals surface area contributed by atoms with Crippen LogP contribution in [-0.2, 0) is 6.42 Å². The number of fused-ring (bicyclic) bond motifs is 1. The molecule has 2 heteroatoms. The third-order valence-corrected chi connectivity index (χ3v) is 3.92. The normalized spacial score (nSPS) is 17.9. The summed E-state index contributed by atoms with van der Waals surface area (Å²) < 4.78 is 0. The van der Waals surface area contributed by atoms with Gasteiger partial charge in [0, 0.05) is 17.0 Å². The van der Waals surface area contributed by atoms with Crippen LogP contribution in [0.3, 0.4) is 0 Å². The molecule has 1 nitrogen and oxygen atoms in total. The van der Waals surface area contributed by atoms with E-state index in [-0.39, 0.29) is 0 Å². The van der Waals surface area contributed by atoms with Crippen LogP contribution in [0.1, 0.15) is 5.56 Å². The fourth-order valence-corrected chi connectivity index (χ4v) is 3.14. The molecule has 0 saturated heterocycles. The summed E-state index contributed by atoms with van der Waals surface area (Å²) in [5.41, 5.74) is 2.66. The van der Waals surface area contributed by atoms with Gasteiger partial charge in [-0.25, -0.2) is 0 Å². The van der Waals surface area contributed by atoms with Crippen molar-refractivity contribution in [1.82, 2.24) is 0 Å². The van der Waals surface area contributed by atoms with Crippen molar-refractivity contribution in [3.8, 4) is 0 Å². The first-order valence-electron chi connectivity index (χ1n) is 5.48. The molecule has 0 spiro atoms. The van der Waals surface area contributed by atoms with E-state index in [1.54, 1.807) is 0 Å². The van der Waals surface area contributed by atoms with Gasteiger partial charge in [-0.1, -0.05) is 54.2 Å². The second-order valence-corrected chi connectivity index (χ2v) is 5.18. The van der Waals surface area contributed by atoms with Gasteiger partial charge in [-0.2, -0.15) is 0 Å². The van der Waals surface area contributed by atoms with Crippen molar-refractivity contribution >= 4 is 17.4 Å². The Morgan fingerprint density at radius 3 is 2.50 bits per heavy atom. The molecule has 1 N–H and O–H groups in total. The van der Waals surface area contributed by atoms with Crippen LogP contribution in [0.5, 0.6) is 0 Å². The van der Waals surface area contributed by atoms with Crippen LogP contribution in [0.25, 0.3) is 0 Å². The average molecular weight is 227 g/mol. The highest BCUT2D eigenvalue weighted by Crippen LogP contribution is 2.39. The summed E-state index contributed by atoms with van der Waals surface area (Å²) in [6, 6.07) is 19.1. The van der Waals surface area contributed by atoms with Gasteiger partial charge in [-0.15, -0.1) is 0 Å². The highest BCUT2D eigenvalue weighted by Gasteiger charge is 2.20. The molecule has 80 valence electrons. The Bertz CT molecular complexity index is 456. The molecular weight excluding hydrogens is 214 g/mol. The second-order valence-electron chi connectivity index (χ2n) is 3.94. The first kappa shape index (κ1) is 9.79. The van der Waals surface area contributed by atoms with E-state index in [9.17, 15) is 0 Å². The number of thioether (sulfide) groups is 1. The van der Waals surface area contributed by atoms with Crippen LogP contribution in [0, 0.1) is 0 Å². The lowest BCUT2D eigenvalue weighted by molar-refractivity contribution is 0.969. The first-order chi connectivity index (χ1) is 7.92. The molecule has 0 aromatic heterocycles. The lowest BCUT2D eigenvalue weighted by atomic mass is 10.1. The van der Waals surface area contributed by atoms with Crippen LogP contribution in [0.4, 0.5) is 5.69 Å². The van der Waals surface area contributed by atoms with Crippen molar-refractivity contribution in [1.29, 1.82) is 0 Å². The fourth-order valence-electron chi connectivity index (χ4n) is 1.97. The molecule has 1 heterocycles. The molecule has 16 heavy (non-hydrogen) atoms. The van der Waals surface area contributed by atoms with E-state index >= 15 is 0 Å². The predicted octanol–water partition coefficient (Wildman–Crippen LogP) is 3.77. The van der Waals surface area contributed by atoms with Crippen LogP contribution in [-0.4, -0.2) is 5.37 Å². The quantitative estimate of drug-likeness (QED) is 0.838. The molecule has 0 fully saturated rings. The first-order valence-corrected chi connectivity index (χ1v) is 6.36. The number of para-hydroxylation sites is 1. The number of nitrogens with one attached hydrogen (secondary N) is 1. The van der Waals surface area contributed by atoms with E-state index in [2.05, 4.69) is 59.9 Å². The summed E-state index contributed by atoms with van der Waals surface area (Å²) >= 11 is 1.92. The summed E-state index contributed by atoms with van der Waals surface area (Å²) in [5, 5.41) is 4.02. The molecule has 1 atom stereocenters. The molecule has 1 aliphatic rings. The zero-order valence-corrected chi connectivity index (χ0v) is 9.71. The van der Waals surface area contributed by atoms with Crippen molar-refractivity contribution in [2.75, 3.05) is 5.32 Å². The van der Waals surface area contributed by atoms with Crippen molar-refractivity contribution in [2.24, 2.45) is 0 Å².